The van der Waals surface area contributed by atoms with Crippen LogP contribution in [0.25, 0.3) is 11.6 Å². The quantitative estimate of drug-likeness (QED) is 0.315. The molecule has 2 aromatic rings. The Labute approximate surface area is 224 Å². The third-order valence-electron chi connectivity index (χ3n) is 6.98. The lowest BCUT2D eigenvalue weighted by Crippen LogP contribution is -2.24. The Morgan fingerprint density at radius 1 is 1.21 bits per heavy atom. The zero-order chi connectivity index (χ0) is 27.1. The minimum Gasteiger partial charge on any atom is -0.463 e. The van der Waals surface area contributed by atoms with Crippen LogP contribution in [-0.4, -0.2) is 34.3 Å². The van der Waals surface area contributed by atoms with Crippen molar-refractivity contribution in [2.24, 2.45) is 0 Å². The first-order valence-corrected chi connectivity index (χ1v) is 13.8. The summed E-state index contributed by atoms with van der Waals surface area (Å²) >= 11 is 0. The fourth-order valence-corrected chi connectivity index (χ4v) is 5.11. The van der Waals surface area contributed by atoms with Crippen molar-refractivity contribution < 1.29 is 18.7 Å². The van der Waals surface area contributed by atoms with Crippen LogP contribution in [0.3, 0.4) is 0 Å². The first-order valence-electron chi connectivity index (χ1n) is 13.8. The van der Waals surface area contributed by atoms with Crippen LogP contribution < -0.4 is 5.32 Å². The summed E-state index contributed by atoms with van der Waals surface area (Å²) in [6.07, 6.45) is 16.4. The molecule has 1 N–H and O–H groups in total. The third-order valence-corrected chi connectivity index (χ3v) is 6.98. The molecule has 7 heteroatoms. The number of ether oxygens (including phenoxy) is 1. The highest BCUT2D eigenvalue weighted by Gasteiger charge is 2.22. The molecule has 1 unspecified atom stereocenters. The molecule has 202 valence electrons. The highest BCUT2D eigenvalue weighted by molar-refractivity contribution is 5.95. The third kappa shape index (κ3) is 6.88. The molecular formula is C31H38FN3O3. The van der Waals surface area contributed by atoms with Crippen molar-refractivity contribution in [3.05, 3.63) is 76.4 Å². The number of aromatic nitrogens is 2. The van der Waals surface area contributed by atoms with E-state index in [-0.39, 0.29) is 24.0 Å². The molecule has 1 aromatic carbocycles. The molecule has 4 rings (SSSR count). The minimum absolute atomic E-state index is 0.103. The zero-order valence-electron chi connectivity index (χ0n) is 22.6. The van der Waals surface area contributed by atoms with Gasteiger partial charge in [-0.25, -0.2) is 4.39 Å². The molecule has 1 amide bonds. The molecule has 2 aliphatic rings. The van der Waals surface area contributed by atoms with Gasteiger partial charge in [0, 0.05) is 28.9 Å². The molecule has 1 atom stereocenters. The number of halogens is 1. The van der Waals surface area contributed by atoms with Crippen molar-refractivity contribution >= 4 is 23.5 Å². The maximum Gasteiger partial charge on any atom is 0.310 e. The summed E-state index contributed by atoms with van der Waals surface area (Å²) in [5.74, 6) is -0.848. The highest BCUT2D eigenvalue weighted by atomic mass is 19.1. The predicted octanol–water partition coefficient (Wildman–Crippen LogP) is 6.59. The number of hydrogen-bond donors (Lipinski definition) is 1. The number of carbonyl (C=O) groups is 2. The van der Waals surface area contributed by atoms with Gasteiger partial charge in [-0.15, -0.1) is 0 Å². The molecule has 1 heterocycles. The average molecular weight is 520 g/mol. The Bertz CT molecular complexity index is 1260. The average Bonchev–Trinajstić information content (AvgIpc) is 3.09. The van der Waals surface area contributed by atoms with E-state index < -0.39 is 5.82 Å². The van der Waals surface area contributed by atoms with Gasteiger partial charge in [-0.2, -0.15) is 5.10 Å². The maximum atomic E-state index is 15.2. The van der Waals surface area contributed by atoms with Crippen LogP contribution in [-0.2, 0) is 16.0 Å². The Balaban J connectivity index is 1.51. The Morgan fingerprint density at radius 2 is 2.05 bits per heavy atom. The topological polar surface area (TPSA) is 73.2 Å². The molecule has 1 aromatic heterocycles. The molecular weight excluding hydrogens is 481 g/mol. The lowest BCUT2D eigenvalue weighted by molar-refractivity contribution is -0.146. The second-order valence-electron chi connectivity index (χ2n) is 10.3. The molecule has 0 fully saturated rings. The summed E-state index contributed by atoms with van der Waals surface area (Å²) in [7, 11) is 0. The van der Waals surface area contributed by atoms with Crippen molar-refractivity contribution in [1.82, 2.24) is 15.1 Å². The van der Waals surface area contributed by atoms with E-state index >= 15 is 4.39 Å². The van der Waals surface area contributed by atoms with Gasteiger partial charge >= 0.3 is 5.97 Å². The van der Waals surface area contributed by atoms with E-state index in [1.807, 2.05) is 39.1 Å². The van der Waals surface area contributed by atoms with Crippen molar-refractivity contribution in [3.8, 4) is 0 Å². The Kier molecular flexibility index (Phi) is 9.32. The van der Waals surface area contributed by atoms with Crippen molar-refractivity contribution in [2.75, 3.05) is 6.54 Å². The second-order valence-corrected chi connectivity index (χ2v) is 10.3. The first kappa shape index (κ1) is 27.6. The van der Waals surface area contributed by atoms with Crippen LogP contribution in [0.2, 0.25) is 0 Å². The fourth-order valence-electron chi connectivity index (χ4n) is 5.11. The smallest absolute Gasteiger partial charge is 0.310 e. The zero-order valence-corrected chi connectivity index (χ0v) is 22.6. The van der Waals surface area contributed by atoms with Gasteiger partial charge in [-0.05, 0) is 82.6 Å². The van der Waals surface area contributed by atoms with Gasteiger partial charge < -0.3 is 10.1 Å². The number of hydrogen-bond acceptors (Lipinski definition) is 4. The van der Waals surface area contributed by atoms with Gasteiger partial charge in [0.15, 0.2) is 0 Å². The fraction of sp³-hybridized carbons (Fsp3) is 0.452. The molecule has 6 nitrogen and oxygen atoms in total. The number of benzene rings is 1. The van der Waals surface area contributed by atoms with Gasteiger partial charge in [-0.1, -0.05) is 36.8 Å². The summed E-state index contributed by atoms with van der Waals surface area (Å²) in [4.78, 5) is 24.4. The van der Waals surface area contributed by atoms with Gasteiger partial charge in [0.1, 0.15) is 5.82 Å². The van der Waals surface area contributed by atoms with Crippen LogP contribution >= 0.6 is 0 Å². The number of fused-ring (bicyclic) bond motifs is 1. The lowest BCUT2D eigenvalue weighted by atomic mass is 9.96. The standard InChI is InChI=1S/C31H38FN3O3/c1-4-16-33-31(37)24-13-15-27(28(32)19-24)23-9-5-6-11-29-25(18-23)20-34-35(29)26-10-7-8-22(12-14-26)17-30(36)38-21(2)3/h5,8-9,13,15,18-21,26H,4,6-7,10-12,14,16-17H2,1-3H3,(H,33,37)/b9-5+,23-18+. The maximum absolute atomic E-state index is 15.2. The van der Waals surface area contributed by atoms with E-state index in [0.717, 1.165) is 67.3 Å². The molecule has 0 radical (unpaired) electrons. The van der Waals surface area contributed by atoms with Crippen molar-refractivity contribution in [1.29, 1.82) is 0 Å². The largest absolute Gasteiger partial charge is 0.463 e. The number of allylic oxidation sites excluding steroid dienone is 4. The second kappa shape index (κ2) is 12.9. The number of rotatable bonds is 8. The number of nitrogens with one attached hydrogen (secondary N) is 1. The van der Waals surface area contributed by atoms with E-state index in [1.54, 1.807) is 12.1 Å². The highest BCUT2D eigenvalue weighted by Crippen LogP contribution is 2.33. The molecule has 0 saturated carbocycles. The van der Waals surface area contributed by atoms with Crippen molar-refractivity contribution in [3.63, 3.8) is 0 Å². The van der Waals surface area contributed by atoms with E-state index in [9.17, 15) is 9.59 Å². The normalized spacial score (nSPS) is 19.8. The van der Waals surface area contributed by atoms with Gasteiger partial charge in [0.05, 0.1) is 24.8 Å². The summed E-state index contributed by atoms with van der Waals surface area (Å²) in [5.41, 5.74) is 4.83. The van der Waals surface area contributed by atoms with Gasteiger partial charge in [0.25, 0.3) is 5.91 Å². The number of carbonyl (C=O) groups excluding carboxylic acids is 2. The number of amides is 1. The van der Waals surface area contributed by atoms with E-state index in [2.05, 4.69) is 22.2 Å². The SMILES string of the molecule is CCCNC(=O)c1ccc(C2=C/c3cnn(C4CCC=C(CC(=O)OC(C)C)CC4)c3CC\C=C\2)c(F)c1. The van der Waals surface area contributed by atoms with Crippen molar-refractivity contribution in [2.45, 2.75) is 84.3 Å². The van der Waals surface area contributed by atoms with Crippen LogP contribution in [0.15, 0.2) is 48.2 Å². The molecule has 38 heavy (non-hydrogen) atoms. The minimum atomic E-state index is -0.419. The van der Waals surface area contributed by atoms with E-state index in [0.29, 0.717) is 24.1 Å². The van der Waals surface area contributed by atoms with Gasteiger partial charge in [-0.3, -0.25) is 14.3 Å². The summed E-state index contributed by atoms with van der Waals surface area (Å²) in [5, 5.41) is 7.56. The molecule has 0 spiro atoms. The summed E-state index contributed by atoms with van der Waals surface area (Å²) in [6, 6.07) is 4.91. The van der Waals surface area contributed by atoms with E-state index in [4.69, 9.17) is 9.84 Å². The van der Waals surface area contributed by atoms with Crippen LogP contribution in [0.4, 0.5) is 4.39 Å². The molecule has 0 aliphatic heterocycles. The molecule has 0 bridgehead atoms. The summed E-state index contributed by atoms with van der Waals surface area (Å²) in [6.45, 7) is 6.27. The first-order chi connectivity index (χ1) is 18.4. The lowest BCUT2D eigenvalue weighted by Gasteiger charge is -2.19. The molecule has 0 saturated heterocycles. The summed E-state index contributed by atoms with van der Waals surface area (Å²) < 4.78 is 22.6. The Morgan fingerprint density at radius 3 is 2.82 bits per heavy atom. The van der Waals surface area contributed by atoms with E-state index in [1.165, 1.54) is 6.07 Å². The predicted molar refractivity (Wildman–Crippen MR) is 148 cm³/mol. The molecule has 2 aliphatic carbocycles. The van der Waals surface area contributed by atoms with Crippen LogP contribution in [0.1, 0.15) is 98.9 Å². The van der Waals surface area contributed by atoms with Crippen LogP contribution in [0.5, 0.6) is 0 Å². The van der Waals surface area contributed by atoms with Gasteiger partial charge in [0.2, 0.25) is 0 Å². The Hall–Kier alpha value is -3.48. The van der Waals surface area contributed by atoms with Crippen LogP contribution in [0, 0.1) is 5.82 Å². The number of esters is 1. The monoisotopic (exact) mass is 519 g/mol. The number of nitrogens with zero attached hydrogens (tertiary/aromatic N) is 2.